The predicted octanol–water partition coefficient (Wildman–Crippen LogP) is 6.04. The molecule has 0 radical (unpaired) electrons. The zero-order valence-corrected chi connectivity index (χ0v) is 17.2. The van der Waals surface area contributed by atoms with E-state index in [2.05, 4.69) is 20.1 Å². The zero-order valence-electron chi connectivity index (χ0n) is 15.6. The Balaban J connectivity index is 1.33. The van der Waals surface area contributed by atoms with Crippen LogP contribution in [0.3, 0.4) is 0 Å². The minimum atomic E-state index is -0.177. The Kier molecular flexibility index (Phi) is 5.98. The lowest BCUT2D eigenvalue weighted by Crippen LogP contribution is -2.15. The van der Waals surface area contributed by atoms with Gasteiger partial charge in [0, 0.05) is 18.7 Å². The van der Waals surface area contributed by atoms with E-state index in [1.807, 2.05) is 6.07 Å². The number of nitrogens with one attached hydrogen (secondary N) is 1. The molecule has 2 heterocycles. The van der Waals surface area contributed by atoms with Gasteiger partial charge in [0.2, 0.25) is 5.91 Å². The fraction of sp³-hybridized carbons (Fsp3) is 0.0909. The number of aromatic nitrogens is 1. The quantitative estimate of drug-likeness (QED) is 0.497. The highest BCUT2D eigenvalue weighted by Crippen LogP contribution is 2.34. The molecule has 3 aromatic rings. The van der Waals surface area contributed by atoms with Crippen LogP contribution in [-0.4, -0.2) is 21.7 Å². The molecule has 4 rings (SSSR count). The second-order valence-electron chi connectivity index (χ2n) is 6.38. The van der Waals surface area contributed by atoms with Gasteiger partial charge in [-0.05, 0) is 35.9 Å². The molecule has 0 atom stereocenters. The number of carbonyl (C=O) groups is 1. The van der Waals surface area contributed by atoms with E-state index >= 15 is 0 Å². The highest BCUT2D eigenvalue weighted by molar-refractivity contribution is 8.14. The van der Waals surface area contributed by atoms with Crippen molar-refractivity contribution >= 4 is 51.4 Å². The third-order valence-electron chi connectivity index (χ3n) is 4.24. The number of amides is 1. The van der Waals surface area contributed by atoms with Gasteiger partial charge in [0.25, 0.3) is 0 Å². The molecule has 1 N–H and O–H groups in total. The van der Waals surface area contributed by atoms with Crippen molar-refractivity contribution in [2.24, 2.45) is 4.99 Å². The average molecular weight is 435 g/mol. The first kappa shape index (κ1) is 20.0. The van der Waals surface area contributed by atoms with Crippen molar-refractivity contribution in [3.63, 3.8) is 0 Å². The first-order valence-corrected chi connectivity index (χ1v) is 10.3. The summed E-state index contributed by atoms with van der Waals surface area (Å²) in [6, 6.07) is 14.1. The van der Waals surface area contributed by atoms with E-state index in [0.29, 0.717) is 34.3 Å². The van der Waals surface area contributed by atoms with Crippen LogP contribution in [0.5, 0.6) is 11.5 Å². The number of aliphatic imine (C=N–C) groups is 1. The molecule has 0 aliphatic carbocycles. The highest BCUT2D eigenvalue weighted by Gasteiger charge is 2.17. The lowest BCUT2D eigenvalue weighted by molar-refractivity contribution is -0.113. The molecule has 148 valence electrons. The standard InChI is InChI=1S/C22H15ClN4O2S/c1-24-15-5-4-14-9-22(27-20(14)10-15)30-13-21(28)26-19-7-6-16(11-18(19)23)29-17-3-2-8-25-12-17/h2-8,10-12H,9,13H2,(H,26,28). The molecule has 6 nitrogen and oxygen atoms in total. The largest absolute Gasteiger partial charge is 0.456 e. The van der Waals surface area contributed by atoms with Crippen molar-refractivity contribution < 1.29 is 9.53 Å². The van der Waals surface area contributed by atoms with Crippen molar-refractivity contribution in [3.8, 4) is 11.5 Å². The number of rotatable bonds is 5. The second-order valence-corrected chi connectivity index (χ2v) is 7.83. The predicted molar refractivity (Wildman–Crippen MR) is 120 cm³/mol. The number of carbonyl (C=O) groups excluding carboxylic acids is 1. The van der Waals surface area contributed by atoms with Crippen molar-refractivity contribution in [2.45, 2.75) is 6.42 Å². The first-order chi connectivity index (χ1) is 14.6. The molecule has 0 saturated carbocycles. The van der Waals surface area contributed by atoms with Crippen LogP contribution in [0.4, 0.5) is 17.1 Å². The van der Waals surface area contributed by atoms with Crippen LogP contribution in [-0.2, 0) is 11.2 Å². The van der Waals surface area contributed by atoms with Gasteiger partial charge in [-0.15, -0.1) is 11.8 Å². The summed E-state index contributed by atoms with van der Waals surface area (Å²) >= 11 is 7.67. The summed E-state index contributed by atoms with van der Waals surface area (Å²) in [5, 5.41) is 4.05. The van der Waals surface area contributed by atoms with Crippen molar-refractivity contribution in [3.05, 3.63) is 82.9 Å². The van der Waals surface area contributed by atoms with Crippen LogP contribution < -0.4 is 10.1 Å². The maximum absolute atomic E-state index is 12.3. The van der Waals surface area contributed by atoms with Gasteiger partial charge in [0.1, 0.15) is 11.5 Å². The first-order valence-electron chi connectivity index (χ1n) is 8.99. The molecule has 0 unspecified atom stereocenters. The zero-order chi connectivity index (χ0) is 20.9. The van der Waals surface area contributed by atoms with Gasteiger partial charge in [-0.25, -0.2) is 9.84 Å². The van der Waals surface area contributed by atoms with Gasteiger partial charge in [-0.1, -0.05) is 23.7 Å². The van der Waals surface area contributed by atoms with Crippen LogP contribution in [0.25, 0.3) is 4.85 Å². The summed E-state index contributed by atoms with van der Waals surface area (Å²) in [5.74, 6) is 1.19. The van der Waals surface area contributed by atoms with Crippen LogP contribution in [0.2, 0.25) is 5.02 Å². The molecule has 0 fully saturated rings. The van der Waals surface area contributed by atoms with Crippen molar-refractivity contribution in [1.29, 1.82) is 0 Å². The molecule has 0 spiro atoms. The molecule has 2 aromatic carbocycles. The van der Waals surface area contributed by atoms with E-state index in [9.17, 15) is 4.79 Å². The maximum atomic E-state index is 12.3. The van der Waals surface area contributed by atoms with Crippen molar-refractivity contribution in [2.75, 3.05) is 11.1 Å². The number of hydrogen-bond acceptors (Lipinski definition) is 5. The van der Waals surface area contributed by atoms with Crippen LogP contribution in [0, 0.1) is 6.57 Å². The molecule has 0 bridgehead atoms. The van der Waals surface area contributed by atoms with E-state index in [1.165, 1.54) is 11.8 Å². The summed E-state index contributed by atoms with van der Waals surface area (Å²) in [7, 11) is 0. The minimum absolute atomic E-state index is 0.177. The minimum Gasteiger partial charge on any atom is -0.456 e. The van der Waals surface area contributed by atoms with Gasteiger partial charge in [0.15, 0.2) is 5.69 Å². The SMILES string of the molecule is [C-]#[N+]c1ccc2c(c1)N=C(SCC(=O)Nc1ccc(Oc3cccnc3)cc1Cl)C2. The Morgan fingerprint density at radius 2 is 2.13 bits per heavy atom. The molecule has 1 aliphatic heterocycles. The normalized spacial score (nSPS) is 11.9. The van der Waals surface area contributed by atoms with Crippen molar-refractivity contribution in [1.82, 2.24) is 4.98 Å². The third-order valence-corrected chi connectivity index (χ3v) is 5.53. The monoisotopic (exact) mass is 434 g/mol. The number of halogens is 1. The molecule has 0 saturated heterocycles. The summed E-state index contributed by atoms with van der Waals surface area (Å²) in [6.07, 6.45) is 3.94. The second kappa shape index (κ2) is 8.99. The van der Waals surface area contributed by atoms with E-state index in [4.69, 9.17) is 22.9 Å². The number of fused-ring (bicyclic) bond motifs is 1. The number of pyridine rings is 1. The van der Waals surface area contributed by atoms with Crippen LogP contribution in [0.15, 0.2) is 65.9 Å². The van der Waals surface area contributed by atoms with E-state index in [1.54, 1.807) is 54.9 Å². The maximum Gasteiger partial charge on any atom is 0.234 e. The van der Waals surface area contributed by atoms with Gasteiger partial charge >= 0.3 is 0 Å². The number of nitrogens with zero attached hydrogens (tertiary/aromatic N) is 3. The van der Waals surface area contributed by atoms with Gasteiger partial charge in [-0.3, -0.25) is 9.78 Å². The summed E-state index contributed by atoms with van der Waals surface area (Å²) in [5.41, 5.74) is 2.95. The van der Waals surface area contributed by atoms with Crippen LogP contribution >= 0.6 is 23.4 Å². The summed E-state index contributed by atoms with van der Waals surface area (Å²) in [4.78, 5) is 24.3. The average Bonchev–Trinajstić information content (AvgIpc) is 3.17. The molecular formula is C22H15ClN4O2S. The molecule has 1 aliphatic rings. The lowest BCUT2D eigenvalue weighted by Gasteiger charge is -2.10. The fourth-order valence-electron chi connectivity index (χ4n) is 2.83. The van der Waals surface area contributed by atoms with E-state index in [0.717, 1.165) is 16.3 Å². The van der Waals surface area contributed by atoms with Gasteiger partial charge < -0.3 is 10.1 Å². The van der Waals surface area contributed by atoms with E-state index in [-0.39, 0.29) is 11.7 Å². The molecular weight excluding hydrogens is 420 g/mol. The highest BCUT2D eigenvalue weighted by atomic mass is 35.5. The van der Waals surface area contributed by atoms with E-state index < -0.39 is 0 Å². The fourth-order valence-corrected chi connectivity index (χ4v) is 3.84. The Bertz CT molecular complexity index is 1180. The topological polar surface area (TPSA) is 67.9 Å². The van der Waals surface area contributed by atoms with Crippen LogP contribution in [0.1, 0.15) is 5.56 Å². The summed E-state index contributed by atoms with van der Waals surface area (Å²) < 4.78 is 5.68. The molecule has 1 aromatic heterocycles. The smallest absolute Gasteiger partial charge is 0.234 e. The number of benzene rings is 2. The molecule has 8 heteroatoms. The van der Waals surface area contributed by atoms with Gasteiger partial charge in [-0.2, -0.15) is 0 Å². The lowest BCUT2D eigenvalue weighted by atomic mass is 10.1. The number of hydrogen-bond donors (Lipinski definition) is 1. The number of thioether (sulfide) groups is 1. The Morgan fingerprint density at radius 3 is 2.90 bits per heavy atom. The number of ether oxygens (including phenoxy) is 1. The molecule has 30 heavy (non-hydrogen) atoms. The Hall–Kier alpha value is -3.34. The third kappa shape index (κ3) is 4.79. The Labute approximate surface area is 182 Å². The van der Waals surface area contributed by atoms with Gasteiger partial charge in [0.05, 0.1) is 40.0 Å². The molecule has 1 amide bonds. The number of anilines is 1. The Morgan fingerprint density at radius 1 is 1.23 bits per heavy atom. The summed E-state index contributed by atoms with van der Waals surface area (Å²) in [6.45, 7) is 7.08.